The Hall–Kier alpha value is -3.25. The molecular weight excluding hydrogens is 419 g/mol. The fourth-order valence-corrected chi connectivity index (χ4v) is 3.63. The van der Waals surface area contributed by atoms with Crippen molar-refractivity contribution >= 4 is 29.0 Å². The first-order valence-corrected chi connectivity index (χ1v) is 10.2. The number of methoxy groups -OCH3 is 1. The molecule has 0 spiro atoms. The van der Waals surface area contributed by atoms with Gasteiger partial charge in [-0.05, 0) is 60.9 Å². The van der Waals surface area contributed by atoms with Gasteiger partial charge in [0.05, 0.1) is 24.6 Å². The van der Waals surface area contributed by atoms with Crippen LogP contribution in [0, 0.1) is 5.82 Å². The van der Waals surface area contributed by atoms with Gasteiger partial charge in [0, 0.05) is 22.5 Å². The number of carbonyl (C=O) groups is 2. The first kappa shape index (κ1) is 21.0. The van der Waals surface area contributed by atoms with Gasteiger partial charge < -0.3 is 10.1 Å². The van der Waals surface area contributed by atoms with E-state index >= 15 is 0 Å². The standard InChI is InChI=1S/C24H20ClFN2O3/c1-31-23(30)19-12-15(2-8-20(19)26)22(29)21-9-7-18(13-27-21)28-14-24(10-11-24)16-3-5-17(25)6-4-16/h2-9,12-13,28H,10-11,14H2,1H3. The Bertz CT molecular complexity index is 1130. The van der Waals surface area contributed by atoms with E-state index in [1.54, 1.807) is 18.3 Å². The fraction of sp³-hybridized carbons (Fsp3) is 0.208. The summed E-state index contributed by atoms with van der Waals surface area (Å²) in [5.74, 6) is -1.99. The summed E-state index contributed by atoms with van der Waals surface area (Å²) in [5, 5.41) is 4.11. The van der Waals surface area contributed by atoms with E-state index in [1.165, 1.54) is 17.7 Å². The van der Waals surface area contributed by atoms with Crippen molar-refractivity contribution in [1.82, 2.24) is 4.98 Å². The zero-order valence-electron chi connectivity index (χ0n) is 16.8. The number of hydrogen-bond donors (Lipinski definition) is 1. The van der Waals surface area contributed by atoms with E-state index in [0.29, 0.717) is 0 Å². The van der Waals surface area contributed by atoms with Gasteiger partial charge in [-0.25, -0.2) is 9.18 Å². The summed E-state index contributed by atoms with van der Waals surface area (Å²) in [4.78, 5) is 28.6. The molecular formula is C24H20ClFN2O3. The van der Waals surface area contributed by atoms with Crippen molar-refractivity contribution in [3.63, 3.8) is 0 Å². The molecule has 31 heavy (non-hydrogen) atoms. The Balaban J connectivity index is 1.44. The lowest BCUT2D eigenvalue weighted by atomic mass is 9.96. The molecule has 7 heteroatoms. The van der Waals surface area contributed by atoms with E-state index in [9.17, 15) is 14.0 Å². The summed E-state index contributed by atoms with van der Waals surface area (Å²) in [6, 6.07) is 14.9. The molecule has 1 heterocycles. The van der Waals surface area contributed by atoms with Gasteiger partial charge in [0.1, 0.15) is 11.5 Å². The van der Waals surface area contributed by atoms with Crippen molar-refractivity contribution in [3.8, 4) is 0 Å². The zero-order valence-corrected chi connectivity index (χ0v) is 17.6. The van der Waals surface area contributed by atoms with E-state index in [0.717, 1.165) is 43.3 Å². The van der Waals surface area contributed by atoms with Crippen LogP contribution in [-0.2, 0) is 10.2 Å². The number of nitrogens with one attached hydrogen (secondary N) is 1. The van der Waals surface area contributed by atoms with Crippen LogP contribution in [0.1, 0.15) is 44.8 Å². The normalized spacial score (nSPS) is 14.0. The molecule has 1 fully saturated rings. The molecule has 0 atom stereocenters. The zero-order chi connectivity index (χ0) is 22.0. The van der Waals surface area contributed by atoms with E-state index in [-0.39, 0.29) is 22.2 Å². The van der Waals surface area contributed by atoms with Crippen LogP contribution >= 0.6 is 11.6 Å². The van der Waals surface area contributed by atoms with E-state index < -0.39 is 17.6 Å². The number of aromatic nitrogens is 1. The molecule has 1 N–H and O–H groups in total. The number of nitrogens with zero attached hydrogens (tertiary/aromatic N) is 1. The topological polar surface area (TPSA) is 68.3 Å². The minimum Gasteiger partial charge on any atom is -0.465 e. The number of rotatable bonds is 7. The van der Waals surface area contributed by atoms with E-state index in [2.05, 4.69) is 27.2 Å². The van der Waals surface area contributed by atoms with Crippen molar-refractivity contribution < 1.29 is 18.7 Å². The lowest BCUT2D eigenvalue weighted by Crippen LogP contribution is -2.19. The van der Waals surface area contributed by atoms with Crippen molar-refractivity contribution in [1.29, 1.82) is 0 Å². The Kier molecular flexibility index (Phi) is 5.74. The number of hydrogen-bond acceptors (Lipinski definition) is 5. The number of benzene rings is 2. The predicted octanol–water partition coefficient (Wildman–Crippen LogP) is 5.04. The van der Waals surface area contributed by atoms with Crippen LogP contribution in [0.5, 0.6) is 0 Å². The molecule has 2 aromatic carbocycles. The molecule has 1 aromatic heterocycles. The molecule has 158 valence electrons. The van der Waals surface area contributed by atoms with Crippen molar-refractivity contribution in [2.75, 3.05) is 19.0 Å². The summed E-state index contributed by atoms with van der Waals surface area (Å²) in [7, 11) is 1.16. The number of esters is 1. The largest absolute Gasteiger partial charge is 0.465 e. The van der Waals surface area contributed by atoms with Crippen LogP contribution in [0.3, 0.4) is 0 Å². The lowest BCUT2D eigenvalue weighted by Gasteiger charge is -2.17. The number of pyridine rings is 1. The van der Waals surface area contributed by atoms with Gasteiger partial charge in [-0.2, -0.15) is 0 Å². The average Bonchev–Trinajstić information content (AvgIpc) is 3.59. The minimum atomic E-state index is -0.839. The van der Waals surface area contributed by atoms with Gasteiger partial charge in [0.2, 0.25) is 5.78 Å². The monoisotopic (exact) mass is 438 g/mol. The summed E-state index contributed by atoms with van der Waals surface area (Å²) in [6.45, 7) is 0.754. The number of ketones is 1. The van der Waals surface area contributed by atoms with Crippen LogP contribution in [-0.4, -0.2) is 30.4 Å². The summed E-state index contributed by atoms with van der Waals surface area (Å²) < 4.78 is 18.4. The number of anilines is 1. The maximum absolute atomic E-state index is 13.8. The third-order valence-electron chi connectivity index (χ3n) is 5.57. The Labute approximate surface area is 184 Å². The fourth-order valence-electron chi connectivity index (χ4n) is 3.51. The highest BCUT2D eigenvalue weighted by molar-refractivity contribution is 6.30. The molecule has 4 rings (SSSR count). The van der Waals surface area contributed by atoms with Crippen LogP contribution in [0.15, 0.2) is 60.8 Å². The second kappa shape index (κ2) is 8.47. The first-order valence-electron chi connectivity index (χ1n) is 9.80. The van der Waals surface area contributed by atoms with Crippen molar-refractivity contribution in [3.05, 3.63) is 94.0 Å². The highest BCUT2D eigenvalue weighted by atomic mass is 35.5. The third kappa shape index (κ3) is 4.44. The molecule has 0 saturated heterocycles. The van der Waals surface area contributed by atoms with Gasteiger partial charge >= 0.3 is 5.97 Å². The lowest BCUT2D eigenvalue weighted by molar-refractivity contribution is 0.0595. The Morgan fingerprint density at radius 3 is 2.48 bits per heavy atom. The first-order chi connectivity index (χ1) is 14.9. The molecule has 3 aromatic rings. The molecule has 0 bridgehead atoms. The predicted molar refractivity (Wildman–Crippen MR) is 116 cm³/mol. The van der Waals surface area contributed by atoms with Gasteiger partial charge in [-0.15, -0.1) is 0 Å². The van der Waals surface area contributed by atoms with Crippen molar-refractivity contribution in [2.24, 2.45) is 0 Å². The molecule has 1 aliphatic carbocycles. The van der Waals surface area contributed by atoms with Gasteiger partial charge in [0.15, 0.2) is 0 Å². The third-order valence-corrected chi connectivity index (χ3v) is 5.82. The maximum atomic E-state index is 13.8. The minimum absolute atomic E-state index is 0.0947. The van der Waals surface area contributed by atoms with E-state index in [1.807, 2.05) is 12.1 Å². The second-order valence-corrected chi connectivity index (χ2v) is 8.02. The molecule has 0 radical (unpaired) electrons. The maximum Gasteiger partial charge on any atom is 0.340 e. The molecule has 5 nitrogen and oxygen atoms in total. The smallest absolute Gasteiger partial charge is 0.340 e. The molecule has 0 amide bonds. The highest BCUT2D eigenvalue weighted by Crippen LogP contribution is 2.48. The summed E-state index contributed by atoms with van der Waals surface area (Å²) in [5.41, 5.74) is 2.22. The SMILES string of the molecule is COC(=O)c1cc(C(=O)c2ccc(NCC3(c4ccc(Cl)cc4)CC3)cn2)ccc1F. The number of ether oxygens (including phenoxy) is 1. The molecule has 1 aliphatic rings. The van der Waals surface area contributed by atoms with Crippen LogP contribution < -0.4 is 5.32 Å². The van der Waals surface area contributed by atoms with Crippen LogP contribution in [0.4, 0.5) is 10.1 Å². The van der Waals surface area contributed by atoms with Gasteiger partial charge in [-0.1, -0.05) is 23.7 Å². The molecule has 1 saturated carbocycles. The Morgan fingerprint density at radius 1 is 1.13 bits per heavy atom. The van der Waals surface area contributed by atoms with Crippen LogP contribution in [0.2, 0.25) is 5.02 Å². The van der Waals surface area contributed by atoms with Gasteiger partial charge in [-0.3, -0.25) is 9.78 Å². The average molecular weight is 439 g/mol. The van der Waals surface area contributed by atoms with E-state index in [4.69, 9.17) is 11.6 Å². The second-order valence-electron chi connectivity index (χ2n) is 7.59. The van der Waals surface area contributed by atoms with Crippen molar-refractivity contribution in [2.45, 2.75) is 18.3 Å². The quantitative estimate of drug-likeness (QED) is 0.413. The summed E-state index contributed by atoms with van der Waals surface area (Å²) in [6.07, 6.45) is 3.79. The number of carbonyl (C=O) groups excluding carboxylic acids is 2. The molecule has 0 unspecified atom stereocenters. The van der Waals surface area contributed by atoms with Gasteiger partial charge in [0.25, 0.3) is 0 Å². The Morgan fingerprint density at radius 2 is 1.87 bits per heavy atom. The van der Waals surface area contributed by atoms with Crippen LogP contribution in [0.25, 0.3) is 0 Å². The summed E-state index contributed by atoms with van der Waals surface area (Å²) >= 11 is 5.99. The highest BCUT2D eigenvalue weighted by Gasteiger charge is 2.43. The molecule has 0 aliphatic heterocycles. The number of halogens is 2.